The summed E-state index contributed by atoms with van der Waals surface area (Å²) >= 11 is 0. The van der Waals surface area contributed by atoms with E-state index in [4.69, 9.17) is 4.74 Å². The molecule has 2 atom stereocenters. The predicted molar refractivity (Wildman–Crippen MR) is 91.5 cm³/mol. The Labute approximate surface area is 144 Å². The van der Waals surface area contributed by atoms with E-state index in [0.29, 0.717) is 38.6 Å². The highest BCUT2D eigenvalue weighted by Crippen LogP contribution is 2.22. The highest BCUT2D eigenvalue weighted by Gasteiger charge is 2.31. The van der Waals surface area contributed by atoms with Gasteiger partial charge in [0.1, 0.15) is 0 Å². The Balaban J connectivity index is 1.44. The lowest BCUT2D eigenvalue weighted by Gasteiger charge is -2.39. The highest BCUT2D eigenvalue weighted by atomic mass is 16.5. The van der Waals surface area contributed by atoms with Gasteiger partial charge >= 0.3 is 0 Å². The smallest absolute Gasteiger partial charge is 0.239 e. The summed E-state index contributed by atoms with van der Waals surface area (Å²) in [5, 5.41) is 0. The molecule has 24 heavy (non-hydrogen) atoms. The highest BCUT2D eigenvalue weighted by molar-refractivity contribution is 5.81. The molecule has 2 fully saturated rings. The number of carbonyl (C=O) groups excluding carboxylic acids is 2. The SMILES string of the molecule is CC(C(=O)N1CCOCC1)N1CCN(C(=O)CC2C=CCC2)CC1. The molecule has 2 aliphatic heterocycles. The van der Waals surface area contributed by atoms with Crippen LogP contribution in [0.15, 0.2) is 12.2 Å². The molecule has 2 unspecified atom stereocenters. The molecule has 6 nitrogen and oxygen atoms in total. The van der Waals surface area contributed by atoms with Gasteiger partial charge in [-0.1, -0.05) is 12.2 Å². The number of ether oxygens (including phenoxy) is 1. The van der Waals surface area contributed by atoms with Gasteiger partial charge in [0.05, 0.1) is 19.3 Å². The summed E-state index contributed by atoms with van der Waals surface area (Å²) < 4.78 is 5.31. The quantitative estimate of drug-likeness (QED) is 0.711. The Bertz CT molecular complexity index is 480. The Morgan fingerprint density at radius 3 is 2.42 bits per heavy atom. The van der Waals surface area contributed by atoms with Crippen LogP contribution in [-0.2, 0) is 14.3 Å². The van der Waals surface area contributed by atoms with Gasteiger partial charge in [0.2, 0.25) is 11.8 Å². The number of rotatable bonds is 4. The maximum atomic E-state index is 12.6. The molecule has 0 aromatic heterocycles. The first-order valence-corrected chi connectivity index (χ1v) is 9.20. The molecule has 0 aromatic carbocycles. The monoisotopic (exact) mass is 335 g/mol. The first-order valence-electron chi connectivity index (χ1n) is 9.20. The van der Waals surface area contributed by atoms with E-state index in [0.717, 1.165) is 39.0 Å². The van der Waals surface area contributed by atoms with Crippen molar-refractivity contribution in [2.24, 2.45) is 5.92 Å². The van der Waals surface area contributed by atoms with Crippen molar-refractivity contribution in [2.45, 2.75) is 32.2 Å². The van der Waals surface area contributed by atoms with Gasteiger partial charge in [0.15, 0.2) is 0 Å². The molecule has 0 aromatic rings. The van der Waals surface area contributed by atoms with Crippen molar-refractivity contribution in [1.29, 1.82) is 0 Å². The lowest BCUT2D eigenvalue weighted by molar-refractivity contribution is -0.142. The normalized spacial score (nSPS) is 26.6. The van der Waals surface area contributed by atoms with Crippen LogP contribution < -0.4 is 0 Å². The lowest BCUT2D eigenvalue weighted by Crippen LogP contribution is -2.56. The summed E-state index contributed by atoms with van der Waals surface area (Å²) in [6.45, 7) is 7.66. The van der Waals surface area contributed by atoms with Gasteiger partial charge in [-0.25, -0.2) is 0 Å². The molecule has 0 spiro atoms. The number of amides is 2. The summed E-state index contributed by atoms with van der Waals surface area (Å²) in [6.07, 6.45) is 7.20. The number of allylic oxidation sites excluding steroid dienone is 2. The molecule has 1 aliphatic carbocycles. The molecule has 2 saturated heterocycles. The van der Waals surface area contributed by atoms with Crippen LogP contribution in [0, 0.1) is 5.92 Å². The number of morpholine rings is 1. The van der Waals surface area contributed by atoms with Crippen LogP contribution >= 0.6 is 0 Å². The minimum absolute atomic E-state index is 0.113. The molecule has 0 N–H and O–H groups in total. The largest absolute Gasteiger partial charge is 0.378 e. The van der Waals surface area contributed by atoms with Gasteiger partial charge in [-0.2, -0.15) is 0 Å². The average molecular weight is 335 g/mol. The molecule has 0 saturated carbocycles. The van der Waals surface area contributed by atoms with Crippen molar-refractivity contribution in [2.75, 3.05) is 52.5 Å². The zero-order chi connectivity index (χ0) is 16.9. The zero-order valence-corrected chi connectivity index (χ0v) is 14.7. The van der Waals surface area contributed by atoms with Gasteiger partial charge < -0.3 is 14.5 Å². The standard InChI is InChI=1S/C18H29N3O3/c1-15(18(23)21-10-12-24-13-11-21)19-6-8-20(9-7-19)17(22)14-16-4-2-3-5-16/h2,4,15-16H,3,5-14H2,1H3. The summed E-state index contributed by atoms with van der Waals surface area (Å²) in [4.78, 5) is 31.1. The van der Waals surface area contributed by atoms with Gasteiger partial charge in [-0.3, -0.25) is 14.5 Å². The molecule has 2 heterocycles. The summed E-state index contributed by atoms with van der Waals surface area (Å²) in [6, 6.07) is -0.113. The number of hydrogen-bond acceptors (Lipinski definition) is 4. The van der Waals surface area contributed by atoms with Crippen LogP contribution in [0.25, 0.3) is 0 Å². The van der Waals surface area contributed by atoms with E-state index in [1.165, 1.54) is 0 Å². The van der Waals surface area contributed by atoms with Gasteiger partial charge in [0, 0.05) is 45.7 Å². The first kappa shape index (κ1) is 17.4. The first-order chi connectivity index (χ1) is 11.6. The van der Waals surface area contributed by atoms with Crippen molar-refractivity contribution < 1.29 is 14.3 Å². The minimum Gasteiger partial charge on any atom is -0.378 e. The van der Waals surface area contributed by atoms with Crippen LogP contribution in [0.4, 0.5) is 0 Å². The molecule has 2 amide bonds. The number of carbonyl (C=O) groups is 2. The maximum absolute atomic E-state index is 12.6. The fourth-order valence-electron chi connectivity index (χ4n) is 3.78. The van der Waals surface area contributed by atoms with Crippen LogP contribution in [0.1, 0.15) is 26.2 Å². The van der Waals surface area contributed by atoms with Crippen molar-refractivity contribution in [3.63, 3.8) is 0 Å². The number of piperazine rings is 1. The second kappa shape index (κ2) is 8.12. The van der Waals surface area contributed by atoms with E-state index < -0.39 is 0 Å². The Hall–Kier alpha value is -1.40. The number of hydrogen-bond donors (Lipinski definition) is 0. The van der Waals surface area contributed by atoms with Gasteiger partial charge in [-0.15, -0.1) is 0 Å². The van der Waals surface area contributed by atoms with E-state index in [2.05, 4.69) is 17.1 Å². The fourth-order valence-corrected chi connectivity index (χ4v) is 3.78. The molecular weight excluding hydrogens is 306 g/mol. The molecule has 3 aliphatic rings. The summed E-state index contributed by atoms with van der Waals surface area (Å²) in [7, 11) is 0. The van der Waals surface area contributed by atoms with E-state index >= 15 is 0 Å². The Morgan fingerprint density at radius 1 is 1.08 bits per heavy atom. The third kappa shape index (κ3) is 4.16. The van der Waals surface area contributed by atoms with Crippen molar-refractivity contribution in [3.05, 3.63) is 12.2 Å². The topological polar surface area (TPSA) is 53.1 Å². The van der Waals surface area contributed by atoms with Crippen LogP contribution in [-0.4, -0.2) is 85.0 Å². The van der Waals surface area contributed by atoms with Crippen LogP contribution in [0.2, 0.25) is 0 Å². The van der Waals surface area contributed by atoms with E-state index in [1.807, 2.05) is 16.7 Å². The summed E-state index contributed by atoms with van der Waals surface area (Å²) in [5.74, 6) is 0.880. The van der Waals surface area contributed by atoms with Crippen LogP contribution in [0.5, 0.6) is 0 Å². The van der Waals surface area contributed by atoms with E-state index in [-0.39, 0.29) is 17.9 Å². The van der Waals surface area contributed by atoms with Gasteiger partial charge in [0.25, 0.3) is 0 Å². The molecule has 3 rings (SSSR count). The van der Waals surface area contributed by atoms with E-state index in [9.17, 15) is 9.59 Å². The Morgan fingerprint density at radius 2 is 1.79 bits per heavy atom. The third-order valence-corrected chi connectivity index (χ3v) is 5.44. The molecule has 0 bridgehead atoms. The van der Waals surface area contributed by atoms with E-state index in [1.54, 1.807) is 0 Å². The van der Waals surface area contributed by atoms with Crippen molar-refractivity contribution in [3.8, 4) is 0 Å². The van der Waals surface area contributed by atoms with Gasteiger partial charge in [-0.05, 0) is 25.7 Å². The maximum Gasteiger partial charge on any atom is 0.239 e. The van der Waals surface area contributed by atoms with Crippen molar-refractivity contribution in [1.82, 2.24) is 14.7 Å². The Kier molecular flexibility index (Phi) is 5.89. The van der Waals surface area contributed by atoms with Crippen molar-refractivity contribution >= 4 is 11.8 Å². The second-order valence-corrected chi connectivity index (χ2v) is 7.00. The molecule has 6 heteroatoms. The predicted octanol–water partition coefficient (Wildman–Crippen LogP) is 0.734. The second-order valence-electron chi connectivity index (χ2n) is 7.00. The zero-order valence-electron chi connectivity index (χ0n) is 14.7. The number of nitrogens with zero attached hydrogens (tertiary/aromatic N) is 3. The summed E-state index contributed by atoms with van der Waals surface area (Å²) in [5.41, 5.74) is 0. The minimum atomic E-state index is -0.113. The molecule has 134 valence electrons. The fraction of sp³-hybridized carbons (Fsp3) is 0.778. The third-order valence-electron chi connectivity index (χ3n) is 5.44. The average Bonchev–Trinajstić information content (AvgIpc) is 3.14. The molecular formula is C18H29N3O3. The lowest BCUT2D eigenvalue weighted by atomic mass is 10.0. The molecule has 0 radical (unpaired) electrons. The van der Waals surface area contributed by atoms with Crippen LogP contribution in [0.3, 0.4) is 0 Å².